The molecule has 0 bridgehead atoms. The van der Waals surface area contributed by atoms with Gasteiger partial charge in [0, 0.05) is 39.5 Å². The minimum Gasteiger partial charge on any atom is -0.382 e. The van der Waals surface area contributed by atoms with Gasteiger partial charge in [-0.05, 0) is 12.1 Å². The minimum atomic E-state index is -4.39. The van der Waals surface area contributed by atoms with Gasteiger partial charge in [0.2, 0.25) is 5.91 Å². The summed E-state index contributed by atoms with van der Waals surface area (Å²) in [5.74, 6) is 0.373. The first-order valence-corrected chi connectivity index (χ1v) is 7.54. The fraction of sp³-hybridized carbons (Fsp3) is 0.600. The molecule has 2 heterocycles. The van der Waals surface area contributed by atoms with Crippen LogP contribution in [0.5, 0.6) is 0 Å². The van der Waals surface area contributed by atoms with E-state index in [1.54, 1.807) is 12.0 Å². The van der Waals surface area contributed by atoms with Crippen LogP contribution in [0.25, 0.3) is 0 Å². The van der Waals surface area contributed by atoms with Gasteiger partial charge in [-0.3, -0.25) is 4.79 Å². The number of aromatic nitrogens is 1. The van der Waals surface area contributed by atoms with Gasteiger partial charge < -0.3 is 19.3 Å². The Bertz CT molecular complexity index is 529. The van der Waals surface area contributed by atoms with Crippen molar-refractivity contribution >= 4 is 11.7 Å². The molecule has 0 unspecified atom stereocenters. The number of halogens is 3. The standard InChI is InChI=1S/C15H20F3N3O3/c1-23-8-9-24-11-14(22)21-6-4-20(5-7-21)13-3-2-12(10-19-13)15(16,17)18/h2-3,10H,4-9,11H2,1H3. The predicted octanol–water partition coefficient (Wildman–Crippen LogP) is 1.41. The Morgan fingerprint density at radius 1 is 1.21 bits per heavy atom. The molecule has 0 radical (unpaired) electrons. The first-order chi connectivity index (χ1) is 11.4. The van der Waals surface area contributed by atoms with Crippen LogP contribution in [0.2, 0.25) is 0 Å². The molecule has 1 aliphatic rings. The zero-order valence-corrected chi connectivity index (χ0v) is 13.4. The third-order valence-electron chi connectivity index (χ3n) is 3.69. The van der Waals surface area contributed by atoms with E-state index in [1.165, 1.54) is 6.07 Å². The van der Waals surface area contributed by atoms with Crippen molar-refractivity contribution in [3.63, 3.8) is 0 Å². The average Bonchev–Trinajstić information content (AvgIpc) is 2.58. The summed E-state index contributed by atoms with van der Waals surface area (Å²) < 4.78 is 47.6. The summed E-state index contributed by atoms with van der Waals surface area (Å²) in [5, 5.41) is 0. The SMILES string of the molecule is COCCOCC(=O)N1CCN(c2ccc(C(F)(F)F)cn2)CC1. The summed E-state index contributed by atoms with van der Waals surface area (Å²) in [4.78, 5) is 19.4. The van der Waals surface area contributed by atoms with Crippen molar-refractivity contribution in [2.75, 3.05) is 58.0 Å². The van der Waals surface area contributed by atoms with E-state index >= 15 is 0 Å². The third-order valence-corrected chi connectivity index (χ3v) is 3.69. The van der Waals surface area contributed by atoms with Gasteiger partial charge in [0.1, 0.15) is 12.4 Å². The van der Waals surface area contributed by atoms with Crippen LogP contribution in [0, 0.1) is 0 Å². The number of ether oxygens (including phenoxy) is 2. The number of amides is 1. The number of anilines is 1. The summed E-state index contributed by atoms with van der Waals surface area (Å²) in [6.07, 6.45) is -3.56. The molecule has 0 spiro atoms. The Balaban J connectivity index is 1.81. The molecule has 2 rings (SSSR count). The molecule has 9 heteroatoms. The molecule has 1 aromatic heterocycles. The van der Waals surface area contributed by atoms with Crippen LogP contribution < -0.4 is 4.90 Å². The van der Waals surface area contributed by atoms with E-state index < -0.39 is 11.7 Å². The maximum Gasteiger partial charge on any atom is 0.417 e. The highest BCUT2D eigenvalue weighted by atomic mass is 19.4. The Kier molecular flexibility index (Phi) is 6.38. The summed E-state index contributed by atoms with van der Waals surface area (Å²) in [5.41, 5.74) is -0.770. The number of carbonyl (C=O) groups is 1. The number of piperazine rings is 1. The van der Waals surface area contributed by atoms with Crippen LogP contribution in [-0.4, -0.2) is 68.9 Å². The first-order valence-electron chi connectivity index (χ1n) is 7.54. The fourth-order valence-corrected chi connectivity index (χ4v) is 2.32. The minimum absolute atomic E-state index is 0.00187. The lowest BCUT2D eigenvalue weighted by molar-refractivity contribution is -0.138. The first kappa shape index (κ1) is 18.5. The predicted molar refractivity (Wildman–Crippen MR) is 80.7 cm³/mol. The Morgan fingerprint density at radius 3 is 2.46 bits per heavy atom. The largest absolute Gasteiger partial charge is 0.417 e. The molecular formula is C15H20F3N3O3. The molecule has 0 aliphatic carbocycles. The molecule has 6 nitrogen and oxygen atoms in total. The lowest BCUT2D eigenvalue weighted by atomic mass is 10.2. The van der Waals surface area contributed by atoms with Crippen LogP contribution in [0.4, 0.5) is 19.0 Å². The molecule has 1 saturated heterocycles. The van der Waals surface area contributed by atoms with E-state index in [2.05, 4.69) is 4.98 Å². The van der Waals surface area contributed by atoms with E-state index in [0.717, 1.165) is 12.3 Å². The number of methoxy groups -OCH3 is 1. The van der Waals surface area contributed by atoms with Gasteiger partial charge in [0.25, 0.3) is 0 Å². The molecule has 0 saturated carbocycles. The second-order valence-corrected chi connectivity index (χ2v) is 5.32. The van der Waals surface area contributed by atoms with Gasteiger partial charge in [-0.1, -0.05) is 0 Å². The summed E-state index contributed by atoms with van der Waals surface area (Å²) >= 11 is 0. The Morgan fingerprint density at radius 2 is 1.92 bits per heavy atom. The van der Waals surface area contributed by atoms with Crippen molar-refractivity contribution in [2.45, 2.75) is 6.18 Å². The molecular weight excluding hydrogens is 327 g/mol. The number of hydrogen-bond acceptors (Lipinski definition) is 5. The number of nitrogens with zero attached hydrogens (tertiary/aromatic N) is 3. The lowest BCUT2D eigenvalue weighted by Gasteiger charge is -2.35. The number of rotatable bonds is 6. The monoisotopic (exact) mass is 347 g/mol. The van der Waals surface area contributed by atoms with Crippen molar-refractivity contribution in [2.24, 2.45) is 0 Å². The smallest absolute Gasteiger partial charge is 0.382 e. The maximum absolute atomic E-state index is 12.5. The summed E-state index contributed by atoms with van der Waals surface area (Å²) in [6.45, 7) is 2.79. The molecule has 1 amide bonds. The van der Waals surface area contributed by atoms with Gasteiger partial charge in [-0.15, -0.1) is 0 Å². The quantitative estimate of drug-likeness (QED) is 0.729. The van der Waals surface area contributed by atoms with Gasteiger partial charge in [0.05, 0.1) is 18.8 Å². The third kappa shape index (κ3) is 5.07. The van der Waals surface area contributed by atoms with E-state index in [0.29, 0.717) is 45.2 Å². The highest BCUT2D eigenvalue weighted by Gasteiger charge is 2.31. The zero-order valence-electron chi connectivity index (χ0n) is 13.4. The zero-order chi connectivity index (χ0) is 17.6. The van der Waals surface area contributed by atoms with E-state index in [4.69, 9.17) is 9.47 Å². The van der Waals surface area contributed by atoms with Crippen LogP contribution >= 0.6 is 0 Å². The summed E-state index contributed by atoms with van der Waals surface area (Å²) in [7, 11) is 1.56. The van der Waals surface area contributed by atoms with Crippen LogP contribution in [0.3, 0.4) is 0 Å². The molecule has 1 aromatic rings. The van der Waals surface area contributed by atoms with Gasteiger partial charge in [-0.25, -0.2) is 4.98 Å². The second kappa shape index (κ2) is 8.29. The van der Waals surface area contributed by atoms with Crippen LogP contribution in [-0.2, 0) is 20.4 Å². The van der Waals surface area contributed by atoms with Crippen molar-refractivity contribution < 1.29 is 27.4 Å². The van der Waals surface area contributed by atoms with Gasteiger partial charge in [-0.2, -0.15) is 13.2 Å². The topological polar surface area (TPSA) is 54.9 Å². The average molecular weight is 347 g/mol. The van der Waals surface area contributed by atoms with Crippen molar-refractivity contribution in [1.29, 1.82) is 0 Å². The Labute approximate surface area is 138 Å². The van der Waals surface area contributed by atoms with E-state index in [-0.39, 0.29) is 12.5 Å². The lowest BCUT2D eigenvalue weighted by Crippen LogP contribution is -2.50. The fourth-order valence-electron chi connectivity index (χ4n) is 2.32. The second-order valence-electron chi connectivity index (χ2n) is 5.32. The Hall–Kier alpha value is -1.87. The molecule has 134 valence electrons. The van der Waals surface area contributed by atoms with E-state index in [9.17, 15) is 18.0 Å². The molecule has 0 atom stereocenters. The van der Waals surface area contributed by atoms with E-state index in [1.807, 2.05) is 4.90 Å². The molecule has 1 fully saturated rings. The number of alkyl halides is 3. The normalized spacial score (nSPS) is 15.7. The highest BCUT2D eigenvalue weighted by Crippen LogP contribution is 2.29. The molecule has 1 aliphatic heterocycles. The van der Waals surface area contributed by atoms with Gasteiger partial charge >= 0.3 is 6.18 Å². The molecule has 0 N–H and O–H groups in total. The number of carbonyl (C=O) groups excluding carboxylic acids is 1. The van der Waals surface area contributed by atoms with Crippen molar-refractivity contribution in [3.8, 4) is 0 Å². The highest BCUT2D eigenvalue weighted by molar-refractivity contribution is 5.77. The molecule has 24 heavy (non-hydrogen) atoms. The van der Waals surface area contributed by atoms with Crippen molar-refractivity contribution in [3.05, 3.63) is 23.9 Å². The van der Waals surface area contributed by atoms with Crippen LogP contribution in [0.1, 0.15) is 5.56 Å². The maximum atomic E-state index is 12.5. The van der Waals surface area contributed by atoms with Crippen molar-refractivity contribution in [1.82, 2.24) is 9.88 Å². The number of hydrogen-bond donors (Lipinski definition) is 0. The van der Waals surface area contributed by atoms with Gasteiger partial charge in [0.15, 0.2) is 0 Å². The number of pyridine rings is 1. The molecule has 0 aromatic carbocycles. The summed E-state index contributed by atoms with van der Waals surface area (Å²) in [6, 6.07) is 2.37. The van der Waals surface area contributed by atoms with Crippen LogP contribution in [0.15, 0.2) is 18.3 Å².